The van der Waals surface area contributed by atoms with Gasteiger partial charge in [0.2, 0.25) is 0 Å². The van der Waals surface area contributed by atoms with Gasteiger partial charge in [-0.3, -0.25) is 0 Å². The van der Waals surface area contributed by atoms with Crippen LogP contribution in [0.1, 0.15) is 11.7 Å². The second-order valence-electron chi connectivity index (χ2n) is 2.97. The first-order valence-electron chi connectivity index (χ1n) is 4.17. The molecule has 1 atom stereocenters. The van der Waals surface area contributed by atoms with Crippen LogP contribution in [-0.2, 0) is 4.79 Å². The summed E-state index contributed by atoms with van der Waals surface area (Å²) in [7, 11) is 0. The van der Waals surface area contributed by atoms with Crippen molar-refractivity contribution in [2.24, 2.45) is 0 Å². The minimum atomic E-state index is -5.06. The molecule has 0 saturated carbocycles. The number of alkyl halides is 3. The van der Waals surface area contributed by atoms with Crippen LogP contribution in [0.2, 0.25) is 0 Å². The van der Waals surface area contributed by atoms with Gasteiger partial charge in [0.25, 0.3) is 0 Å². The molecule has 0 amide bonds. The Morgan fingerprint density at radius 2 is 1.94 bits per heavy atom. The van der Waals surface area contributed by atoms with Gasteiger partial charge in [-0.15, -0.1) is 13.2 Å². The Labute approximate surface area is 92.1 Å². The zero-order valence-electron chi connectivity index (χ0n) is 8.03. The van der Waals surface area contributed by atoms with Crippen LogP contribution in [0.3, 0.4) is 0 Å². The maximum atomic E-state index is 12.8. The van der Waals surface area contributed by atoms with Crippen molar-refractivity contribution in [3.05, 3.63) is 29.6 Å². The highest BCUT2D eigenvalue weighted by Gasteiger charge is 2.34. The second-order valence-corrected chi connectivity index (χ2v) is 2.97. The molecule has 1 aromatic carbocycles. The number of rotatable bonds is 3. The molecule has 0 aliphatic rings. The van der Waals surface area contributed by atoms with Crippen LogP contribution in [0, 0.1) is 5.82 Å². The van der Waals surface area contributed by atoms with E-state index in [1.807, 2.05) is 0 Å². The number of aliphatic carboxylic acids is 1. The van der Waals surface area contributed by atoms with Gasteiger partial charge in [0, 0.05) is 5.56 Å². The lowest BCUT2D eigenvalue weighted by atomic mass is 10.1. The summed E-state index contributed by atoms with van der Waals surface area (Å²) in [6, 6.07) is 1.70. The van der Waals surface area contributed by atoms with Crippen molar-refractivity contribution < 1.29 is 37.3 Å². The summed E-state index contributed by atoms with van der Waals surface area (Å²) in [6.45, 7) is 0. The van der Waals surface area contributed by atoms with Crippen LogP contribution in [0.15, 0.2) is 18.2 Å². The first kappa shape index (κ1) is 13.2. The number of hydrogen-bond donors (Lipinski definition) is 2. The highest BCUT2D eigenvalue weighted by atomic mass is 19.4. The molecule has 0 spiro atoms. The number of benzene rings is 1. The maximum Gasteiger partial charge on any atom is 0.573 e. The van der Waals surface area contributed by atoms with Crippen molar-refractivity contribution in [2.75, 3.05) is 0 Å². The molecule has 94 valence electrons. The van der Waals surface area contributed by atoms with Crippen molar-refractivity contribution in [3.63, 3.8) is 0 Å². The molecule has 8 heteroatoms. The fraction of sp³-hybridized carbons (Fsp3) is 0.222. The summed E-state index contributed by atoms with van der Waals surface area (Å²) in [4.78, 5) is 10.4. The zero-order valence-corrected chi connectivity index (χ0v) is 8.03. The molecule has 0 aromatic heterocycles. The number of halogens is 4. The summed E-state index contributed by atoms with van der Waals surface area (Å²) >= 11 is 0. The number of hydrogen-bond acceptors (Lipinski definition) is 3. The van der Waals surface area contributed by atoms with Crippen molar-refractivity contribution >= 4 is 5.97 Å². The number of ether oxygens (including phenoxy) is 1. The Morgan fingerprint density at radius 3 is 2.41 bits per heavy atom. The average Bonchev–Trinajstić information content (AvgIpc) is 2.17. The van der Waals surface area contributed by atoms with Gasteiger partial charge < -0.3 is 14.9 Å². The molecule has 0 saturated heterocycles. The molecule has 0 heterocycles. The Hall–Kier alpha value is -1.83. The van der Waals surface area contributed by atoms with Crippen molar-refractivity contribution in [1.29, 1.82) is 0 Å². The molecule has 0 aliphatic heterocycles. The molecule has 0 fully saturated rings. The normalized spacial score (nSPS) is 13.2. The van der Waals surface area contributed by atoms with E-state index in [4.69, 9.17) is 10.2 Å². The lowest BCUT2D eigenvalue weighted by Gasteiger charge is -2.14. The van der Waals surface area contributed by atoms with E-state index in [1.54, 1.807) is 0 Å². The number of carboxylic acid groups (broad SMARTS) is 1. The topological polar surface area (TPSA) is 66.8 Å². The fourth-order valence-corrected chi connectivity index (χ4v) is 1.08. The first-order valence-corrected chi connectivity index (χ1v) is 4.17. The van der Waals surface area contributed by atoms with Gasteiger partial charge in [-0.1, -0.05) is 0 Å². The fourth-order valence-electron chi connectivity index (χ4n) is 1.08. The lowest BCUT2D eigenvalue weighted by Crippen LogP contribution is -2.20. The maximum absolute atomic E-state index is 12.8. The SMILES string of the molecule is O=C(O)C(O)c1cc(F)ccc1OC(F)(F)F. The molecular weight excluding hydrogens is 248 g/mol. The third kappa shape index (κ3) is 3.59. The second kappa shape index (κ2) is 4.58. The highest BCUT2D eigenvalue weighted by molar-refractivity contribution is 5.75. The number of aliphatic hydroxyl groups excluding tert-OH is 1. The van der Waals surface area contributed by atoms with Crippen LogP contribution in [0.4, 0.5) is 17.6 Å². The van der Waals surface area contributed by atoms with Crippen molar-refractivity contribution in [1.82, 2.24) is 0 Å². The summed E-state index contributed by atoms with van der Waals surface area (Å²) < 4.78 is 52.1. The predicted octanol–water partition coefficient (Wildman–Crippen LogP) is 1.84. The van der Waals surface area contributed by atoms with E-state index in [1.165, 1.54) is 0 Å². The molecule has 2 N–H and O–H groups in total. The quantitative estimate of drug-likeness (QED) is 0.808. The monoisotopic (exact) mass is 254 g/mol. The average molecular weight is 254 g/mol. The van der Waals surface area contributed by atoms with E-state index >= 15 is 0 Å². The Morgan fingerprint density at radius 1 is 1.35 bits per heavy atom. The molecule has 0 radical (unpaired) electrons. The van der Waals surface area contributed by atoms with Crippen molar-refractivity contribution in [3.8, 4) is 5.75 Å². The molecule has 4 nitrogen and oxygen atoms in total. The van der Waals surface area contributed by atoms with Crippen LogP contribution >= 0.6 is 0 Å². The standard InChI is InChI=1S/C9H6F4O4/c10-4-1-2-6(17-9(11,12)13)5(3-4)7(14)8(15)16/h1-3,7,14H,(H,15,16). The molecule has 17 heavy (non-hydrogen) atoms. The first-order chi connectivity index (χ1) is 7.70. The van der Waals surface area contributed by atoms with E-state index in [0.29, 0.717) is 18.2 Å². The summed E-state index contributed by atoms with van der Waals surface area (Å²) in [5, 5.41) is 17.5. The molecule has 1 unspecified atom stereocenters. The summed E-state index contributed by atoms with van der Waals surface area (Å²) in [6.07, 6.45) is -7.37. The Bertz CT molecular complexity index is 429. The van der Waals surface area contributed by atoms with E-state index in [9.17, 15) is 22.4 Å². The van der Waals surface area contributed by atoms with Crippen LogP contribution in [0.25, 0.3) is 0 Å². The van der Waals surface area contributed by atoms with Crippen LogP contribution in [0.5, 0.6) is 5.75 Å². The van der Waals surface area contributed by atoms with E-state index in [0.717, 1.165) is 0 Å². The Kier molecular flexibility index (Phi) is 3.56. The minimum absolute atomic E-state index is 0.458. The van der Waals surface area contributed by atoms with Gasteiger partial charge in [0.15, 0.2) is 6.10 Å². The van der Waals surface area contributed by atoms with E-state index in [-0.39, 0.29) is 0 Å². The van der Waals surface area contributed by atoms with Gasteiger partial charge >= 0.3 is 12.3 Å². The third-order valence-electron chi connectivity index (χ3n) is 1.73. The van der Waals surface area contributed by atoms with Crippen molar-refractivity contribution in [2.45, 2.75) is 12.5 Å². The lowest BCUT2D eigenvalue weighted by molar-refractivity contribution is -0.275. The zero-order chi connectivity index (χ0) is 13.2. The molecule has 0 aliphatic carbocycles. The number of carboxylic acids is 1. The molecule has 0 bridgehead atoms. The molecule has 1 aromatic rings. The van der Waals surface area contributed by atoms with E-state index < -0.39 is 35.6 Å². The van der Waals surface area contributed by atoms with Gasteiger partial charge in [-0.2, -0.15) is 0 Å². The van der Waals surface area contributed by atoms with E-state index in [2.05, 4.69) is 4.74 Å². The van der Waals surface area contributed by atoms with Gasteiger partial charge in [0.05, 0.1) is 0 Å². The highest BCUT2D eigenvalue weighted by Crippen LogP contribution is 2.31. The number of carbonyl (C=O) groups is 1. The van der Waals surface area contributed by atoms with Gasteiger partial charge in [-0.05, 0) is 18.2 Å². The summed E-state index contributed by atoms with van der Waals surface area (Å²) in [5.74, 6) is -3.77. The largest absolute Gasteiger partial charge is 0.573 e. The summed E-state index contributed by atoms with van der Waals surface area (Å²) in [5.41, 5.74) is -0.810. The van der Waals surface area contributed by atoms with Crippen LogP contribution < -0.4 is 4.74 Å². The van der Waals surface area contributed by atoms with Gasteiger partial charge in [-0.25, -0.2) is 9.18 Å². The third-order valence-corrected chi connectivity index (χ3v) is 1.73. The van der Waals surface area contributed by atoms with Crippen LogP contribution in [-0.4, -0.2) is 22.5 Å². The molecule has 1 rings (SSSR count). The Balaban J connectivity index is 3.17. The minimum Gasteiger partial charge on any atom is -0.479 e. The van der Waals surface area contributed by atoms with Gasteiger partial charge in [0.1, 0.15) is 11.6 Å². The number of aliphatic hydroxyl groups is 1. The smallest absolute Gasteiger partial charge is 0.479 e. The predicted molar refractivity (Wildman–Crippen MR) is 45.7 cm³/mol. The molecular formula is C9H6F4O4.